The van der Waals surface area contributed by atoms with Crippen LogP contribution in [0.3, 0.4) is 0 Å². The zero-order chi connectivity index (χ0) is 22.3. The lowest BCUT2D eigenvalue weighted by atomic mass is 9.74. The molecule has 0 bridgehead atoms. The molecule has 32 heavy (non-hydrogen) atoms. The third kappa shape index (κ3) is 4.08. The molecule has 1 N–H and O–H groups in total. The number of aromatic nitrogens is 2. The second-order valence-electron chi connectivity index (χ2n) is 9.94. The van der Waals surface area contributed by atoms with Gasteiger partial charge in [-0.1, -0.05) is 0 Å². The number of likely N-dealkylation sites (tertiary alicyclic amines) is 2. The van der Waals surface area contributed by atoms with Crippen LogP contribution in [0.2, 0.25) is 0 Å². The first kappa shape index (κ1) is 21.2. The molecule has 2 atom stereocenters. The lowest BCUT2D eigenvalue weighted by Crippen LogP contribution is -2.48. The number of fused-ring (bicyclic) bond motifs is 1. The third-order valence-electron chi connectivity index (χ3n) is 7.50. The Bertz CT molecular complexity index is 993. The molecule has 2 aromatic heterocycles. The van der Waals surface area contributed by atoms with E-state index in [1.807, 2.05) is 35.9 Å². The molecular weight excluding hydrogens is 406 g/mol. The van der Waals surface area contributed by atoms with Crippen LogP contribution in [-0.4, -0.2) is 64.1 Å². The Hall–Kier alpha value is -2.61. The molecule has 0 spiro atoms. The Labute approximate surface area is 188 Å². The summed E-state index contributed by atoms with van der Waals surface area (Å²) in [6.45, 7) is 6.20. The highest BCUT2D eigenvalue weighted by Crippen LogP contribution is 2.44. The standard InChI is InChI=1S/C24H33N5O3/c1-17-21(6-9-32-17)22(30)29-8-3-7-24(23(31)25-10-18-4-5-18)16-28(14-20(24)15-29)13-19-11-26-27(2)12-19/h6,9,11-12,18,20H,3-5,7-8,10,13-16H2,1-2H3,(H,25,31)/t20-,24+/m0/s1. The van der Waals surface area contributed by atoms with E-state index >= 15 is 0 Å². The maximum Gasteiger partial charge on any atom is 0.257 e. The fourth-order valence-electron chi connectivity index (χ4n) is 5.54. The Morgan fingerprint density at radius 1 is 1.31 bits per heavy atom. The molecule has 1 saturated carbocycles. The molecule has 3 aliphatic rings. The predicted molar refractivity (Wildman–Crippen MR) is 119 cm³/mol. The minimum Gasteiger partial charge on any atom is -0.469 e. The largest absolute Gasteiger partial charge is 0.469 e. The molecule has 5 rings (SSSR count). The first-order valence-corrected chi connectivity index (χ1v) is 11.8. The predicted octanol–water partition coefficient (Wildman–Crippen LogP) is 2.20. The molecule has 1 aliphatic carbocycles. The smallest absolute Gasteiger partial charge is 0.257 e. The fraction of sp³-hybridized carbons (Fsp3) is 0.625. The van der Waals surface area contributed by atoms with E-state index in [2.05, 4.69) is 15.3 Å². The minimum absolute atomic E-state index is 0.0103. The Morgan fingerprint density at radius 2 is 2.16 bits per heavy atom. The molecule has 2 aliphatic heterocycles. The van der Waals surface area contributed by atoms with Crippen LogP contribution in [0.15, 0.2) is 29.1 Å². The summed E-state index contributed by atoms with van der Waals surface area (Å²) in [5, 5.41) is 7.57. The fourth-order valence-corrected chi connectivity index (χ4v) is 5.54. The summed E-state index contributed by atoms with van der Waals surface area (Å²) in [4.78, 5) is 31.1. The molecular formula is C24H33N5O3. The van der Waals surface area contributed by atoms with Gasteiger partial charge in [0.1, 0.15) is 5.76 Å². The lowest BCUT2D eigenvalue weighted by Gasteiger charge is -2.32. The van der Waals surface area contributed by atoms with E-state index in [0.717, 1.165) is 44.6 Å². The lowest BCUT2D eigenvalue weighted by molar-refractivity contribution is -0.133. The quantitative estimate of drug-likeness (QED) is 0.746. The summed E-state index contributed by atoms with van der Waals surface area (Å²) in [5.74, 6) is 1.59. The molecule has 3 fully saturated rings. The van der Waals surface area contributed by atoms with Crippen LogP contribution in [0.4, 0.5) is 0 Å². The molecule has 172 valence electrons. The van der Waals surface area contributed by atoms with Gasteiger partial charge in [0, 0.05) is 64.0 Å². The molecule has 0 aromatic carbocycles. The van der Waals surface area contributed by atoms with Crippen molar-refractivity contribution in [2.24, 2.45) is 24.3 Å². The highest BCUT2D eigenvalue weighted by atomic mass is 16.3. The summed E-state index contributed by atoms with van der Waals surface area (Å²) >= 11 is 0. The Kier molecular flexibility index (Phi) is 5.57. The first-order chi connectivity index (χ1) is 15.4. The topological polar surface area (TPSA) is 83.6 Å². The van der Waals surface area contributed by atoms with Crippen molar-refractivity contribution in [1.29, 1.82) is 0 Å². The van der Waals surface area contributed by atoms with Crippen molar-refractivity contribution in [3.8, 4) is 0 Å². The summed E-state index contributed by atoms with van der Waals surface area (Å²) in [6, 6.07) is 1.75. The number of carbonyl (C=O) groups excluding carboxylic acids is 2. The van der Waals surface area contributed by atoms with E-state index in [4.69, 9.17) is 4.42 Å². The Balaban J connectivity index is 1.37. The van der Waals surface area contributed by atoms with Gasteiger partial charge in [-0.3, -0.25) is 19.2 Å². The maximum atomic E-state index is 13.6. The van der Waals surface area contributed by atoms with Crippen LogP contribution in [0.5, 0.6) is 0 Å². The van der Waals surface area contributed by atoms with Crippen LogP contribution < -0.4 is 5.32 Å². The number of furan rings is 1. The van der Waals surface area contributed by atoms with Gasteiger partial charge in [0.05, 0.1) is 23.4 Å². The molecule has 0 radical (unpaired) electrons. The summed E-state index contributed by atoms with van der Waals surface area (Å²) < 4.78 is 7.19. The second kappa shape index (κ2) is 8.39. The van der Waals surface area contributed by atoms with Crippen molar-refractivity contribution in [3.05, 3.63) is 41.6 Å². The maximum absolute atomic E-state index is 13.6. The Morgan fingerprint density at radius 3 is 2.84 bits per heavy atom. The minimum atomic E-state index is -0.447. The molecule has 4 heterocycles. The van der Waals surface area contributed by atoms with Crippen molar-refractivity contribution >= 4 is 11.8 Å². The van der Waals surface area contributed by atoms with Gasteiger partial charge < -0.3 is 14.6 Å². The SMILES string of the molecule is Cc1occc1C(=O)N1CCC[C@@]2(C(=O)NCC3CC3)CN(Cc3cnn(C)c3)C[C@H]2C1. The highest BCUT2D eigenvalue weighted by molar-refractivity contribution is 5.95. The molecule has 2 saturated heterocycles. The number of aryl methyl sites for hydroxylation is 2. The zero-order valence-corrected chi connectivity index (χ0v) is 19.0. The van der Waals surface area contributed by atoms with E-state index in [1.54, 1.807) is 12.3 Å². The number of nitrogens with zero attached hydrogens (tertiary/aromatic N) is 4. The molecule has 0 unspecified atom stereocenters. The van der Waals surface area contributed by atoms with Crippen LogP contribution in [-0.2, 0) is 18.4 Å². The van der Waals surface area contributed by atoms with Crippen molar-refractivity contribution in [2.75, 3.05) is 32.7 Å². The van der Waals surface area contributed by atoms with Gasteiger partial charge in [-0.05, 0) is 44.6 Å². The molecule has 8 nitrogen and oxygen atoms in total. The normalized spacial score (nSPS) is 26.1. The zero-order valence-electron chi connectivity index (χ0n) is 19.0. The van der Waals surface area contributed by atoms with Crippen molar-refractivity contribution in [3.63, 3.8) is 0 Å². The van der Waals surface area contributed by atoms with Crippen molar-refractivity contribution in [1.82, 2.24) is 24.9 Å². The van der Waals surface area contributed by atoms with Crippen LogP contribution in [0.1, 0.15) is 47.4 Å². The van der Waals surface area contributed by atoms with Crippen LogP contribution in [0.25, 0.3) is 0 Å². The van der Waals surface area contributed by atoms with E-state index < -0.39 is 5.41 Å². The van der Waals surface area contributed by atoms with E-state index in [9.17, 15) is 9.59 Å². The van der Waals surface area contributed by atoms with E-state index in [1.165, 1.54) is 12.8 Å². The molecule has 8 heteroatoms. The van der Waals surface area contributed by atoms with Crippen molar-refractivity contribution in [2.45, 2.75) is 39.2 Å². The molecule has 2 aromatic rings. The van der Waals surface area contributed by atoms with Crippen LogP contribution in [0, 0.1) is 24.2 Å². The van der Waals surface area contributed by atoms with E-state index in [-0.39, 0.29) is 17.7 Å². The second-order valence-corrected chi connectivity index (χ2v) is 9.94. The van der Waals surface area contributed by atoms with Gasteiger partial charge in [-0.15, -0.1) is 0 Å². The van der Waals surface area contributed by atoms with Crippen molar-refractivity contribution < 1.29 is 14.0 Å². The monoisotopic (exact) mass is 439 g/mol. The average molecular weight is 440 g/mol. The number of amides is 2. The van der Waals surface area contributed by atoms with Gasteiger partial charge in [0.15, 0.2) is 0 Å². The summed E-state index contributed by atoms with van der Waals surface area (Å²) in [5.41, 5.74) is 1.33. The van der Waals surface area contributed by atoms with Gasteiger partial charge in [-0.2, -0.15) is 5.10 Å². The first-order valence-electron chi connectivity index (χ1n) is 11.8. The van der Waals surface area contributed by atoms with Gasteiger partial charge in [0.2, 0.25) is 5.91 Å². The number of carbonyl (C=O) groups is 2. The number of hydrogen-bond acceptors (Lipinski definition) is 5. The van der Waals surface area contributed by atoms with E-state index in [0.29, 0.717) is 30.3 Å². The third-order valence-corrected chi connectivity index (χ3v) is 7.50. The number of hydrogen-bond donors (Lipinski definition) is 1. The summed E-state index contributed by atoms with van der Waals surface area (Å²) in [7, 11) is 1.92. The number of nitrogens with one attached hydrogen (secondary N) is 1. The average Bonchev–Trinajstić information content (AvgIpc) is 3.28. The highest BCUT2D eigenvalue weighted by Gasteiger charge is 2.53. The van der Waals surface area contributed by atoms with Gasteiger partial charge in [-0.25, -0.2) is 0 Å². The summed E-state index contributed by atoms with van der Waals surface area (Å²) in [6.07, 6.45) is 9.58. The van der Waals surface area contributed by atoms with Gasteiger partial charge >= 0.3 is 0 Å². The number of rotatable bonds is 6. The van der Waals surface area contributed by atoms with Crippen LogP contribution >= 0.6 is 0 Å². The van der Waals surface area contributed by atoms with Gasteiger partial charge in [0.25, 0.3) is 5.91 Å². The molecule has 2 amide bonds.